The molecular formula is C10H2Br2I2S2. The van der Waals surface area contributed by atoms with Crippen LogP contribution >= 0.6 is 99.7 Å². The first-order valence-electron chi connectivity index (χ1n) is 4.23. The molecule has 0 nitrogen and oxygen atoms in total. The Morgan fingerprint density at radius 3 is 1.69 bits per heavy atom. The second-order valence-corrected chi connectivity index (χ2v) is 10.5. The minimum absolute atomic E-state index is 1.23. The average Bonchev–Trinajstić information content (AvgIpc) is 2.66. The minimum atomic E-state index is 1.23. The Balaban J connectivity index is 2.53. The Kier molecular flexibility index (Phi) is 3.61. The van der Waals surface area contributed by atoms with Crippen LogP contribution < -0.4 is 0 Å². The Bertz CT molecular complexity index is 657. The topological polar surface area (TPSA) is 0 Å². The lowest BCUT2D eigenvalue weighted by Gasteiger charge is -1.93. The summed E-state index contributed by atoms with van der Waals surface area (Å²) < 4.78 is 7.79. The number of halogens is 4. The highest BCUT2D eigenvalue weighted by molar-refractivity contribution is 14.1. The first kappa shape index (κ1) is 12.6. The van der Waals surface area contributed by atoms with Crippen molar-refractivity contribution in [1.29, 1.82) is 0 Å². The molecule has 0 saturated heterocycles. The van der Waals surface area contributed by atoms with Gasteiger partial charge in [0.25, 0.3) is 0 Å². The SMILES string of the molecule is Brc1c(I)sc2cc3sc(I)c(Br)c3cc12. The molecule has 3 aromatic rings. The summed E-state index contributed by atoms with van der Waals surface area (Å²) in [5, 5.41) is 2.63. The summed E-state index contributed by atoms with van der Waals surface area (Å²) in [6.45, 7) is 0. The molecule has 16 heavy (non-hydrogen) atoms. The summed E-state index contributed by atoms with van der Waals surface area (Å²) in [6.07, 6.45) is 0. The van der Waals surface area contributed by atoms with Crippen molar-refractivity contribution in [2.24, 2.45) is 0 Å². The van der Waals surface area contributed by atoms with Gasteiger partial charge in [0.2, 0.25) is 0 Å². The van der Waals surface area contributed by atoms with Crippen molar-refractivity contribution in [3.63, 3.8) is 0 Å². The second kappa shape index (κ2) is 4.59. The molecule has 0 bridgehead atoms. The van der Waals surface area contributed by atoms with Crippen LogP contribution in [0.3, 0.4) is 0 Å². The van der Waals surface area contributed by atoms with Crippen LogP contribution in [0, 0.1) is 5.77 Å². The molecule has 1 aromatic carbocycles. The molecule has 0 aliphatic rings. The molecular weight excluding hydrogens is 598 g/mol. The normalized spacial score (nSPS) is 11.8. The molecule has 3 rings (SSSR count). The van der Waals surface area contributed by atoms with Crippen LogP contribution in [0.15, 0.2) is 21.1 Å². The highest BCUT2D eigenvalue weighted by atomic mass is 127. The fraction of sp³-hybridized carbons (Fsp3) is 0. The monoisotopic (exact) mass is 598 g/mol. The predicted molar refractivity (Wildman–Crippen MR) is 98.0 cm³/mol. The van der Waals surface area contributed by atoms with Gasteiger partial charge in [-0.1, -0.05) is 0 Å². The van der Waals surface area contributed by atoms with Crippen LogP contribution in [0.2, 0.25) is 0 Å². The van der Waals surface area contributed by atoms with Gasteiger partial charge >= 0.3 is 0 Å². The molecule has 0 spiro atoms. The molecule has 0 saturated carbocycles. The van der Waals surface area contributed by atoms with Gasteiger partial charge in [0.1, 0.15) is 0 Å². The second-order valence-electron chi connectivity index (χ2n) is 3.22. The fourth-order valence-corrected chi connectivity index (χ4v) is 6.73. The molecule has 82 valence electrons. The van der Waals surface area contributed by atoms with Crippen LogP contribution in [-0.2, 0) is 0 Å². The lowest BCUT2D eigenvalue weighted by molar-refractivity contribution is 1.87. The largest absolute Gasteiger partial charge is 0.128 e. The predicted octanol–water partition coefficient (Wildman–Crippen LogP) is 6.85. The number of thiophene rings is 2. The Morgan fingerprint density at radius 1 is 0.812 bits per heavy atom. The standard InChI is InChI=1S/C10H2Br2I2S2/c11-7-3-1-4-6(16-10(14)8(4)12)2-5(3)15-9(7)13/h1-2H. The van der Waals surface area contributed by atoms with E-state index in [0.29, 0.717) is 0 Å². The first-order valence-corrected chi connectivity index (χ1v) is 9.60. The fourth-order valence-electron chi connectivity index (χ4n) is 1.57. The number of hydrogen-bond acceptors (Lipinski definition) is 2. The summed E-state index contributed by atoms with van der Waals surface area (Å²) >= 11 is 15.7. The van der Waals surface area contributed by atoms with Gasteiger partial charge in [-0.25, -0.2) is 0 Å². The Labute approximate surface area is 144 Å². The van der Waals surface area contributed by atoms with Crippen molar-refractivity contribution in [2.45, 2.75) is 0 Å². The molecule has 0 N–H and O–H groups in total. The molecule has 2 aromatic heterocycles. The van der Waals surface area contributed by atoms with Gasteiger partial charge in [-0.05, 0) is 89.2 Å². The van der Waals surface area contributed by atoms with Gasteiger partial charge in [-0.15, -0.1) is 22.7 Å². The van der Waals surface area contributed by atoms with Crippen molar-refractivity contribution < 1.29 is 0 Å². The number of benzene rings is 1. The van der Waals surface area contributed by atoms with Crippen LogP contribution in [0.25, 0.3) is 20.2 Å². The zero-order valence-electron chi connectivity index (χ0n) is 7.48. The van der Waals surface area contributed by atoms with Crippen LogP contribution in [0.1, 0.15) is 0 Å². The third kappa shape index (κ3) is 1.91. The zero-order valence-corrected chi connectivity index (χ0v) is 16.6. The summed E-state index contributed by atoms with van der Waals surface area (Å²) in [5.41, 5.74) is 0. The molecule has 0 atom stereocenters. The lowest BCUT2D eigenvalue weighted by Crippen LogP contribution is -1.67. The van der Waals surface area contributed by atoms with Gasteiger partial charge in [-0.2, -0.15) is 0 Å². The van der Waals surface area contributed by atoms with E-state index in [4.69, 9.17) is 0 Å². The van der Waals surface area contributed by atoms with Gasteiger partial charge in [0.05, 0.1) is 5.77 Å². The van der Waals surface area contributed by atoms with Gasteiger partial charge < -0.3 is 0 Å². The van der Waals surface area contributed by atoms with Crippen molar-refractivity contribution in [3.8, 4) is 0 Å². The van der Waals surface area contributed by atoms with Gasteiger partial charge in [0, 0.05) is 29.1 Å². The Morgan fingerprint density at radius 2 is 1.25 bits per heavy atom. The van der Waals surface area contributed by atoms with Gasteiger partial charge in [0.15, 0.2) is 0 Å². The molecule has 6 heteroatoms. The quantitative estimate of drug-likeness (QED) is 0.248. The average molecular weight is 600 g/mol. The number of hydrogen-bond donors (Lipinski definition) is 0. The van der Waals surface area contributed by atoms with E-state index in [9.17, 15) is 0 Å². The summed E-state index contributed by atoms with van der Waals surface area (Å²) in [5.74, 6) is 0. The van der Waals surface area contributed by atoms with E-state index < -0.39 is 0 Å². The van der Waals surface area contributed by atoms with E-state index in [1.165, 1.54) is 34.9 Å². The van der Waals surface area contributed by atoms with Crippen molar-refractivity contribution in [2.75, 3.05) is 0 Å². The molecule has 2 heterocycles. The van der Waals surface area contributed by atoms with E-state index in [-0.39, 0.29) is 0 Å². The summed E-state index contributed by atoms with van der Waals surface area (Å²) in [4.78, 5) is 0. The maximum atomic E-state index is 3.66. The van der Waals surface area contributed by atoms with E-state index in [1.54, 1.807) is 0 Å². The molecule has 0 radical (unpaired) electrons. The molecule has 0 aliphatic carbocycles. The van der Waals surface area contributed by atoms with Crippen LogP contribution in [0.5, 0.6) is 0 Å². The molecule has 0 fully saturated rings. The highest BCUT2D eigenvalue weighted by Crippen LogP contribution is 2.43. The minimum Gasteiger partial charge on any atom is -0.128 e. The van der Waals surface area contributed by atoms with Crippen molar-refractivity contribution >= 4 is 120 Å². The van der Waals surface area contributed by atoms with E-state index in [1.807, 2.05) is 22.7 Å². The van der Waals surface area contributed by atoms with Crippen LogP contribution in [0.4, 0.5) is 0 Å². The smallest absolute Gasteiger partial charge is 0.0808 e. The third-order valence-corrected chi connectivity index (χ3v) is 10.2. The van der Waals surface area contributed by atoms with E-state index >= 15 is 0 Å². The third-order valence-electron chi connectivity index (χ3n) is 2.30. The maximum Gasteiger partial charge on any atom is 0.0808 e. The number of rotatable bonds is 0. The molecule has 0 amide bonds. The van der Waals surface area contributed by atoms with E-state index in [2.05, 4.69) is 89.2 Å². The van der Waals surface area contributed by atoms with Crippen molar-refractivity contribution in [1.82, 2.24) is 0 Å². The van der Waals surface area contributed by atoms with Gasteiger partial charge in [-0.3, -0.25) is 0 Å². The summed E-state index contributed by atoms with van der Waals surface area (Å²) in [6, 6.07) is 4.57. The first-order chi connectivity index (χ1) is 7.58. The highest BCUT2D eigenvalue weighted by Gasteiger charge is 2.13. The Hall–Kier alpha value is 1.56. The van der Waals surface area contributed by atoms with Crippen molar-refractivity contribution in [3.05, 3.63) is 26.8 Å². The number of fused-ring (bicyclic) bond motifs is 2. The zero-order chi connectivity index (χ0) is 11.4. The lowest BCUT2D eigenvalue weighted by atomic mass is 10.2. The maximum absolute atomic E-state index is 3.66. The molecule has 0 aliphatic heterocycles. The summed E-state index contributed by atoms with van der Waals surface area (Å²) in [7, 11) is 0. The molecule has 0 unspecified atom stereocenters. The van der Waals surface area contributed by atoms with E-state index in [0.717, 1.165) is 0 Å². The van der Waals surface area contributed by atoms with Crippen LogP contribution in [-0.4, -0.2) is 0 Å².